The van der Waals surface area contributed by atoms with E-state index in [0.717, 1.165) is 0 Å². The van der Waals surface area contributed by atoms with E-state index in [0.29, 0.717) is 34.0 Å². The van der Waals surface area contributed by atoms with Crippen molar-refractivity contribution in [2.75, 3.05) is 10.6 Å². The Balaban J connectivity index is 1.71. The van der Waals surface area contributed by atoms with Crippen molar-refractivity contribution in [2.45, 2.75) is 13.5 Å². The highest BCUT2D eigenvalue weighted by Gasteiger charge is 2.07. The first kappa shape index (κ1) is 16.5. The molecular formula is C17H15Cl2N5. The largest absolute Gasteiger partial charge is 0.365 e. The van der Waals surface area contributed by atoms with Crippen LogP contribution in [0.4, 0.5) is 17.5 Å². The highest BCUT2D eigenvalue weighted by Crippen LogP contribution is 2.30. The molecule has 122 valence electrons. The average molecular weight is 360 g/mol. The van der Waals surface area contributed by atoms with Gasteiger partial charge in [0.05, 0.1) is 21.9 Å². The minimum atomic E-state index is 0.341. The quantitative estimate of drug-likeness (QED) is 0.682. The fourth-order valence-corrected chi connectivity index (χ4v) is 2.52. The van der Waals surface area contributed by atoms with Gasteiger partial charge in [-0.2, -0.15) is 10.1 Å². The van der Waals surface area contributed by atoms with Crippen molar-refractivity contribution in [3.63, 3.8) is 0 Å². The molecule has 0 aliphatic rings. The number of benzene rings is 2. The Morgan fingerprint density at radius 3 is 2.75 bits per heavy atom. The summed E-state index contributed by atoms with van der Waals surface area (Å²) in [5.74, 6) is 0.959. The average Bonchev–Trinajstić information content (AvgIpc) is 2.58. The molecule has 5 nitrogen and oxygen atoms in total. The summed E-state index contributed by atoms with van der Waals surface area (Å²) in [6.45, 7) is 2.71. The van der Waals surface area contributed by atoms with Gasteiger partial charge in [0.1, 0.15) is 0 Å². The van der Waals surface area contributed by atoms with Crippen LogP contribution in [0.25, 0.3) is 0 Å². The van der Waals surface area contributed by atoms with Gasteiger partial charge >= 0.3 is 0 Å². The van der Waals surface area contributed by atoms with Crippen molar-refractivity contribution < 1.29 is 0 Å². The van der Waals surface area contributed by atoms with Gasteiger partial charge in [-0.1, -0.05) is 59.1 Å². The second-order valence-corrected chi connectivity index (χ2v) is 6.02. The maximum Gasteiger partial charge on any atom is 0.249 e. The van der Waals surface area contributed by atoms with Crippen molar-refractivity contribution in [3.05, 3.63) is 69.8 Å². The number of aromatic nitrogens is 3. The fourth-order valence-electron chi connectivity index (χ4n) is 2.18. The van der Waals surface area contributed by atoms with Gasteiger partial charge < -0.3 is 10.6 Å². The van der Waals surface area contributed by atoms with Crippen molar-refractivity contribution in [2.24, 2.45) is 0 Å². The molecule has 0 spiro atoms. The lowest BCUT2D eigenvalue weighted by Gasteiger charge is -2.09. The van der Waals surface area contributed by atoms with E-state index in [1.165, 1.54) is 11.1 Å². The molecule has 24 heavy (non-hydrogen) atoms. The second-order valence-electron chi connectivity index (χ2n) is 5.23. The smallest absolute Gasteiger partial charge is 0.249 e. The molecule has 0 bridgehead atoms. The van der Waals surface area contributed by atoms with Gasteiger partial charge in [0, 0.05) is 6.54 Å². The molecule has 0 atom stereocenters. The van der Waals surface area contributed by atoms with Gasteiger partial charge in [-0.05, 0) is 24.6 Å². The van der Waals surface area contributed by atoms with Crippen LogP contribution in [0.5, 0.6) is 0 Å². The molecule has 3 aromatic rings. The lowest BCUT2D eigenvalue weighted by atomic mass is 10.1. The van der Waals surface area contributed by atoms with Gasteiger partial charge in [0.2, 0.25) is 5.95 Å². The van der Waals surface area contributed by atoms with Crippen LogP contribution < -0.4 is 10.6 Å². The minimum absolute atomic E-state index is 0.341. The molecule has 7 heteroatoms. The number of aryl methyl sites for hydroxylation is 1. The lowest BCUT2D eigenvalue weighted by molar-refractivity contribution is 0.965. The summed E-state index contributed by atoms with van der Waals surface area (Å²) in [5.41, 5.74) is 3.01. The third-order valence-corrected chi connectivity index (χ3v) is 4.13. The molecule has 0 radical (unpaired) electrons. The van der Waals surface area contributed by atoms with Gasteiger partial charge in [-0.15, -0.1) is 5.10 Å². The number of rotatable bonds is 5. The summed E-state index contributed by atoms with van der Waals surface area (Å²) in [5, 5.41) is 15.0. The third-order valence-electron chi connectivity index (χ3n) is 3.31. The SMILES string of the molecule is Cc1cccc(CNc2cnnc(Nc3cccc(Cl)c3Cl)n2)c1. The molecule has 0 amide bonds. The van der Waals surface area contributed by atoms with Crippen LogP contribution >= 0.6 is 23.2 Å². The summed E-state index contributed by atoms with van der Waals surface area (Å²) in [4.78, 5) is 4.38. The predicted molar refractivity (Wildman–Crippen MR) is 98.1 cm³/mol. The van der Waals surface area contributed by atoms with E-state index in [1.807, 2.05) is 6.07 Å². The van der Waals surface area contributed by atoms with Crippen LogP contribution in [0.3, 0.4) is 0 Å². The summed E-state index contributed by atoms with van der Waals surface area (Å²) >= 11 is 12.2. The standard InChI is InChI=1S/C17H15Cl2N5/c1-11-4-2-5-12(8-11)9-20-15-10-21-24-17(23-15)22-14-7-3-6-13(18)16(14)19/h2-8,10H,9H2,1H3,(H2,20,22,23,24). The number of anilines is 3. The molecule has 0 aliphatic carbocycles. The van der Waals surface area contributed by atoms with E-state index in [2.05, 4.69) is 50.9 Å². The maximum atomic E-state index is 6.15. The molecule has 3 rings (SSSR count). The van der Waals surface area contributed by atoms with Gasteiger partial charge in [-0.3, -0.25) is 0 Å². The Morgan fingerprint density at radius 1 is 1.08 bits per heavy atom. The maximum absolute atomic E-state index is 6.15. The van der Waals surface area contributed by atoms with Crippen LogP contribution in [-0.2, 0) is 6.54 Å². The minimum Gasteiger partial charge on any atom is -0.365 e. The molecule has 0 unspecified atom stereocenters. The van der Waals surface area contributed by atoms with E-state index in [9.17, 15) is 0 Å². The molecule has 2 aromatic carbocycles. The molecule has 0 saturated carbocycles. The predicted octanol–water partition coefficient (Wildman–Crippen LogP) is 4.84. The Bertz CT molecular complexity index is 854. The highest BCUT2D eigenvalue weighted by molar-refractivity contribution is 6.43. The second kappa shape index (κ2) is 7.47. The Hall–Kier alpha value is -2.37. The first-order valence-corrected chi connectivity index (χ1v) is 8.07. The summed E-state index contributed by atoms with van der Waals surface area (Å²) < 4.78 is 0. The van der Waals surface area contributed by atoms with Gasteiger partial charge in [0.15, 0.2) is 5.82 Å². The number of nitrogens with one attached hydrogen (secondary N) is 2. The molecule has 1 aromatic heterocycles. The van der Waals surface area contributed by atoms with E-state index >= 15 is 0 Å². The third kappa shape index (κ3) is 4.13. The van der Waals surface area contributed by atoms with Crippen LogP contribution in [0.2, 0.25) is 10.0 Å². The summed E-state index contributed by atoms with van der Waals surface area (Å²) in [6, 6.07) is 13.6. The number of hydrogen-bond donors (Lipinski definition) is 2. The first-order valence-electron chi connectivity index (χ1n) is 7.32. The number of halogens is 2. The van der Waals surface area contributed by atoms with Crippen LogP contribution in [0.15, 0.2) is 48.7 Å². The molecule has 0 saturated heterocycles. The van der Waals surface area contributed by atoms with Crippen molar-refractivity contribution in [1.29, 1.82) is 0 Å². The molecule has 2 N–H and O–H groups in total. The molecular weight excluding hydrogens is 345 g/mol. The van der Waals surface area contributed by atoms with Crippen molar-refractivity contribution in [3.8, 4) is 0 Å². The van der Waals surface area contributed by atoms with Crippen molar-refractivity contribution in [1.82, 2.24) is 15.2 Å². The van der Waals surface area contributed by atoms with Crippen LogP contribution in [-0.4, -0.2) is 15.2 Å². The van der Waals surface area contributed by atoms with Gasteiger partial charge in [0.25, 0.3) is 0 Å². The van der Waals surface area contributed by atoms with Gasteiger partial charge in [-0.25, -0.2) is 0 Å². The first-order chi connectivity index (χ1) is 11.6. The topological polar surface area (TPSA) is 62.7 Å². The summed E-state index contributed by atoms with van der Waals surface area (Å²) in [6.07, 6.45) is 1.57. The van der Waals surface area contributed by atoms with E-state index in [-0.39, 0.29) is 0 Å². The molecule has 0 aliphatic heterocycles. The zero-order valence-corrected chi connectivity index (χ0v) is 14.4. The lowest BCUT2D eigenvalue weighted by Crippen LogP contribution is -2.06. The van der Waals surface area contributed by atoms with E-state index in [4.69, 9.17) is 23.2 Å². The Morgan fingerprint density at radius 2 is 1.92 bits per heavy atom. The van der Waals surface area contributed by atoms with E-state index in [1.54, 1.807) is 24.4 Å². The number of nitrogens with zero attached hydrogens (tertiary/aromatic N) is 3. The Labute approximate surface area is 150 Å². The van der Waals surface area contributed by atoms with E-state index < -0.39 is 0 Å². The zero-order chi connectivity index (χ0) is 16.9. The number of hydrogen-bond acceptors (Lipinski definition) is 5. The van der Waals surface area contributed by atoms with Crippen LogP contribution in [0, 0.1) is 6.92 Å². The molecule has 1 heterocycles. The fraction of sp³-hybridized carbons (Fsp3) is 0.118. The zero-order valence-electron chi connectivity index (χ0n) is 12.9. The molecule has 0 fully saturated rings. The summed E-state index contributed by atoms with van der Waals surface area (Å²) in [7, 11) is 0. The Kier molecular flexibility index (Phi) is 5.13. The highest BCUT2D eigenvalue weighted by atomic mass is 35.5. The normalized spacial score (nSPS) is 10.5. The monoisotopic (exact) mass is 359 g/mol. The van der Waals surface area contributed by atoms with Crippen molar-refractivity contribution >= 4 is 40.7 Å². The van der Waals surface area contributed by atoms with Crippen LogP contribution in [0.1, 0.15) is 11.1 Å².